The van der Waals surface area contributed by atoms with Crippen LogP contribution in [0.1, 0.15) is 23.2 Å². The maximum absolute atomic E-state index is 12.1. The smallest absolute Gasteiger partial charge is 0.256 e. The van der Waals surface area contributed by atoms with Crippen LogP contribution in [-0.2, 0) is 4.74 Å². The Morgan fingerprint density at radius 1 is 1.47 bits per heavy atom. The van der Waals surface area contributed by atoms with E-state index in [1.807, 2.05) is 0 Å². The number of amides is 1. The Morgan fingerprint density at radius 2 is 2.21 bits per heavy atom. The zero-order valence-electron chi connectivity index (χ0n) is 10.7. The van der Waals surface area contributed by atoms with Crippen molar-refractivity contribution < 1.29 is 9.53 Å². The number of carbonyl (C=O) groups excluding carboxylic acids is 1. The summed E-state index contributed by atoms with van der Waals surface area (Å²) in [5, 5.41) is 0.403. The maximum atomic E-state index is 12.1. The molecule has 4 nitrogen and oxygen atoms in total. The second-order valence-electron chi connectivity index (χ2n) is 4.72. The summed E-state index contributed by atoms with van der Waals surface area (Å²) in [5.41, 5.74) is 0.357. The molecule has 104 valence electrons. The molecule has 0 aromatic carbocycles. The van der Waals surface area contributed by atoms with Crippen LogP contribution in [-0.4, -0.2) is 42.6 Å². The normalized spacial score (nSPS) is 14.5. The summed E-state index contributed by atoms with van der Waals surface area (Å²) in [5.74, 6) is 0.556. The Labute approximate surface area is 122 Å². The van der Waals surface area contributed by atoms with E-state index >= 15 is 0 Å². The van der Waals surface area contributed by atoms with Gasteiger partial charge in [0.1, 0.15) is 10.3 Å². The van der Waals surface area contributed by atoms with E-state index in [-0.39, 0.29) is 16.2 Å². The minimum atomic E-state index is -0.177. The van der Waals surface area contributed by atoms with E-state index in [2.05, 4.69) is 4.98 Å². The van der Waals surface area contributed by atoms with Crippen molar-refractivity contribution >= 4 is 29.1 Å². The van der Waals surface area contributed by atoms with Crippen molar-refractivity contribution in [3.8, 4) is 0 Å². The first-order valence-corrected chi connectivity index (χ1v) is 6.99. The first-order chi connectivity index (χ1) is 9.08. The molecule has 1 aromatic rings. The molecule has 0 atom stereocenters. The van der Waals surface area contributed by atoms with Crippen molar-refractivity contribution in [2.75, 3.05) is 26.8 Å². The van der Waals surface area contributed by atoms with E-state index in [0.29, 0.717) is 18.7 Å². The minimum absolute atomic E-state index is 0.128. The molecule has 1 aliphatic rings. The summed E-state index contributed by atoms with van der Waals surface area (Å²) >= 11 is 11.6. The fourth-order valence-corrected chi connectivity index (χ4v) is 2.04. The average Bonchev–Trinajstić information content (AvgIpc) is 3.17. The number of hydrogen-bond acceptors (Lipinski definition) is 3. The minimum Gasteiger partial charge on any atom is -0.379 e. The number of aromatic nitrogens is 1. The molecule has 6 heteroatoms. The van der Waals surface area contributed by atoms with Crippen molar-refractivity contribution in [3.63, 3.8) is 0 Å². The second kappa shape index (κ2) is 6.55. The van der Waals surface area contributed by atoms with Gasteiger partial charge in [0, 0.05) is 20.2 Å². The van der Waals surface area contributed by atoms with Crippen molar-refractivity contribution in [2.24, 2.45) is 5.92 Å². The van der Waals surface area contributed by atoms with Gasteiger partial charge in [-0.15, -0.1) is 0 Å². The Balaban J connectivity index is 1.83. The van der Waals surface area contributed by atoms with Crippen LogP contribution in [0.4, 0.5) is 0 Å². The molecule has 1 amide bonds. The standard InChI is InChI=1S/C13H16Cl2N2O2/c1-17(6-7-19-8-9-2-3-9)13(18)10-4-5-11(14)16-12(10)15/h4-5,9H,2-3,6-8H2,1H3. The Bertz CT molecular complexity index is 464. The lowest BCUT2D eigenvalue weighted by molar-refractivity contribution is 0.0681. The van der Waals surface area contributed by atoms with Gasteiger partial charge >= 0.3 is 0 Å². The molecule has 0 saturated heterocycles. The van der Waals surface area contributed by atoms with Gasteiger partial charge in [-0.2, -0.15) is 0 Å². The summed E-state index contributed by atoms with van der Waals surface area (Å²) in [6.07, 6.45) is 2.53. The third kappa shape index (κ3) is 4.34. The van der Waals surface area contributed by atoms with E-state index in [0.717, 1.165) is 12.5 Å². The van der Waals surface area contributed by atoms with Gasteiger partial charge in [0.15, 0.2) is 0 Å². The number of carbonyl (C=O) groups is 1. The summed E-state index contributed by atoms with van der Waals surface area (Å²) in [6, 6.07) is 3.14. The Kier molecular flexibility index (Phi) is 5.02. The first-order valence-electron chi connectivity index (χ1n) is 6.23. The van der Waals surface area contributed by atoms with Gasteiger partial charge in [0.2, 0.25) is 0 Å². The van der Waals surface area contributed by atoms with Crippen LogP contribution in [0.3, 0.4) is 0 Å². The predicted octanol–water partition coefficient (Wildman–Crippen LogP) is 2.89. The number of halogens is 2. The molecule has 2 rings (SSSR count). The van der Waals surface area contributed by atoms with Crippen LogP contribution in [0.2, 0.25) is 10.3 Å². The van der Waals surface area contributed by atoms with Gasteiger partial charge in [-0.3, -0.25) is 4.79 Å². The molecule has 0 bridgehead atoms. The highest BCUT2D eigenvalue weighted by Crippen LogP contribution is 2.28. The number of rotatable bonds is 6. The number of pyridine rings is 1. The third-order valence-electron chi connectivity index (χ3n) is 3.01. The molecule has 1 heterocycles. The van der Waals surface area contributed by atoms with Gasteiger partial charge < -0.3 is 9.64 Å². The van der Waals surface area contributed by atoms with E-state index in [1.54, 1.807) is 24.1 Å². The zero-order valence-corrected chi connectivity index (χ0v) is 12.2. The largest absolute Gasteiger partial charge is 0.379 e. The number of nitrogens with zero attached hydrogens (tertiary/aromatic N) is 2. The van der Waals surface area contributed by atoms with Crippen LogP contribution in [0.15, 0.2) is 12.1 Å². The molecule has 0 radical (unpaired) electrons. The predicted molar refractivity (Wildman–Crippen MR) is 74.8 cm³/mol. The van der Waals surface area contributed by atoms with E-state index in [1.165, 1.54) is 12.8 Å². The van der Waals surface area contributed by atoms with Crippen LogP contribution >= 0.6 is 23.2 Å². The van der Waals surface area contributed by atoms with E-state index < -0.39 is 0 Å². The molecule has 1 fully saturated rings. The lowest BCUT2D eigenvalue weighted by Gasteiger charge is -2.17. The Morgan fingerprint density at radius 3 is 2.84 bits per heavy atom. The van der Waals surface area contributed by atoms with Gasteiger partial charge in [-0.1, -0.05) is 23.2 Å². The Hall–Kier alpha value is -0.840. The summed E-state index contributed by atoms with van der Waals surface area (Å²) in [6.45, 7) is 1.87. The second-order valence-corrected chi connectivity index (χ2v) is 5.46. The number of likely N-dealkylation sites (N-methyl/N-ethyl adjacent to an activating group) is 1. The lowest BCUT2D eigenvalue weighted by atomic mass is 10.2. The van der Waals surface area contributed by atoms with Gasteiger partial charge in [0.05, 0.1) is 12.2 Å². The van der Waals surface area contributed by atoms with Gasteiger partial charge in [0.25, 0.3) is 5.91 Å². The molecule has 1 saturated carbocycles. The van der Waals surface area contributed by atoms with Crippen LogP contribution in [0.5, 0.6) is 0 Å². The molecular formula is C13H16Cl2N2O2. The first kappa shape index (κ1) is 14.6. The van der Waals surface area contributed by atoms with Crippen molar-refractivity contribution in [3.05, 3.63) is 28.0 Å². The van der Waals surface area contributed by atoms with Gasteiger partial charge in [-0.25, -0.2) is 4.98 Å². The fraction of sp³-hybridized carbons (Fsp3) is 0.538. The molecule has 0 spiro atoms. The highest BCUT2D eigenvalue weighted by atomic mass is 35.5. The molecular weight excluding hydrogens is 287 g/mol. The lowest BCUT2D eigenvalue weighted by Crippen LogP contribution is -2.30. The molecule has 1 aromatic heterocycles. The van der Waals surface area contributed by atoms with Crippen LogP contribution < -0.4 is 0 Å². The van der Waals surface area contributed by atoms with Crippen molar-refractivity contribution in [1.29, 1.82) is 0 Å². The fourth-order valence-electron chi connectivity index (χ4n) is 1.61. The highest BCUT2D eigenvalue weighted by Gasteiger charge is 2.21. The number of ether oxygens (including phenoxy) is 1. The van der Waals surface area contributed by atoms with Crippen molar-refractivity contribution in [2.45, 2.75) is 12.8 Å². The summed E-state index contributed by atoms with van der Waals surface area (Å²) in [4.78, 5) is 17.6. The molecule has 19 heavy (non-hydrogen) atoms. The highest BCUT2D eigenvalue weighted by molar-refractivity contribution is 6.34. The van der Waals surface area contributed by atoms with E-state index in [9.17, 15) is 4.79 Å². The average molecular weight is 303 g/mol. The third-order valence-corrected chi connectivity index (χ3v) is 3.51. The SMILES string of the molecule is CN(CCOCC1CC1)C(=O)c1ccc(Cl)nc1Cl. The quantitative estimate of drug-likeness (QED) is 0.599. The topological polar surface area (TPSA) is 42.4 Å². The zero-order chi connectivity index (χ0) is 13.8. The monoisotopic (exact) mass is 302 g/mol. The molecule has 0 aliphatic heterocycles. The summed E-state index contributed by atoms with van der Waals surface area (Å²) in [7, 11) is 1.72. The van der Waals surface area contributed by atoms with Crippen LogP contribution in [0, 0.1) is 5.92 Å². The summed E-state index contributed by atoms with van der Waals surface area (Å²) < 4.78 is 5.50. The van der Waals surface area contributed by atoms with Crippen LogP contribution in [0.25, 0.3) is 0 Å². The molecule has 1 aliphatic carbocycles. The number of hydrogen-bond donors (Lipinski definition) is 0. The molecule has 0 N–H and O–H groups in total. The van der Waals surface area contributed by atoms with E-state index in [4.69, 9.17) is 27.9 Å². The van der Waals surface area contributed by atoms with Crippen molar-refractivity contribution in [1.82, 2.24) is 9.88 Å². The molecule has 0 unspecified atom stereocenters. The maximum Gasteiger partial charge on any atom is 0.256 e. The van der Waals surface area contributed by atoms with Gasteiger partial charge in [-0.05, 0) is 30.9 Å².